The van der Waals surface area contributed by atoms with E-state index in [9.17, 15) is 4.79 Å². The van der Waals surface area contributed by atoms with E-state index in [-0.39, 0.29) is 5.91 Å². The highest BCUT2D eigenvalue weighted by Crippen LogP contribution is 2.20. The molecule has 0 saturated heterocycles. The molecular weight excluding hydrogens is 316 g/mol. The molecule has 0 saturated carbocycles. The van der Waals surface area contributed by atoms with Gasteiger partial charge < -0.3 is 9.73 Å². The van der Waals surface area contributed by atoms with Gasteiger partial charge in [-0.1, -0.05) is 0 Å². The van der Waals surface area contributed by atoms with Crippen LogP contribution >= 0.6 is 27.3 Å². The summed E-state index contributed by atoms with van der Waals surface area (Å²) in [6, 6.07) is 1.77. The number of nitrogens with zero attached hydrogens (tertiary/aromatic N) is 1. The Morgan fingerprint density at radius 1 is 1.50 bits per heavy atom. The van der Waals surface area contributed by atoms with Crippen molar-refractivity contribution in [3.8, 4) is 0 Å². The third-order valence-electron chi connectivity index (χ3n) is 2.50. The van der Waals surface area contributed by atoms with E-state index in [2.05, 4.69) is 26.2 Å². The first-order valence-electron chi connectivity index (χ1n) is 5.44. The van der Waals surface area contributed by atoms with Crippen LogP contribution in [0.4, 0.5) is 0 Å². The number of carbonyl (C=O) groups is 1. The number of carbonyl (C=O) groups excluding carboxylic acids is 1. The molecule has 18 heavy (non-hydrogen) atoms. The van der Waals surface area contributed by atoms with E-state index in [1.807, 2.05) is 20.8 Å². The van der Waals surface area contributed by atoms with E-state index in [0.29, 0.717) is 17.0 Å². The summed E-state index contributed by atoms with van der Waals surface area (Å²) in [6.07, 6.45) is 0. The van der Waals surface area contributed by atoms with Crippen molar-refractivity contribution in [3.05, 3.63) is 37.6 Å². The largest absolute Gasteiger partial charge is 0.444 e. The number of rotatable bonds is 3. The Morgan fingerprint density at radius 2 is 2.22 bits per heavy atom. The van der Waals surface area contributed by atoms with E-state index in [4.69, 9.17) is 4.42 Å². The zero-order chi connectivity index (χ0) is 13.3. The number of nitrogens with one attached hydrogen (secondary N) is 1. The Morgan fingerprint density at radius 3 is 2.72 bits per heavy atom. The molecule has 2 aromatic heterocycles. The van der Waals surface area contributed by atoms with Crippen LogP contribution in [-0.2, 0) is 6.54 Å². The molecule has 1 N–H and O–H groups in total. The smallest absolute Gasteiger partial charge is 0.287 e. The van der Waals surface area contributed by atoms with Gasteiger partial charge in [0.2, 0.25) is 0 Å². The second kappa shape index (κ2) is 5.24. The quantitative estimate of drug-likeness (QED) is 0.939. The zero-order valence-corrected chi connectivity index (χ0v) is 12.7. The highest BCUT2D eigenvalue weighted by atomic mass is 79.9. The lowest BCUT2D eigenvalue weighted by Crippen LogP contribution is -2.22. The number of aryl methyl sites for hydroxylation is 3. The summed E-state index contributed by atoms with van der Waals surface area (Å²) in [5, 5.41) is 3.85. The average molecular weight is 329 g/mol. The summed E-state index contributed by atoms with van der Waals surface area (Å²) in [5.41, 5.74) is 1.78. The standard InChI is InChI=1S/C12H13BrN2O2S/c1-6-4-10(13)17-11(6)12(16)14-5-9-7(2)15-8(3)18-9/h4H,5H2,1-3H3,(H,14,16). The number of furan rings is 1. The van der Waals surface area contributed by atoms with Crippen molar-refractivity contribution in [3.63, 3.8) is 0 Å². The van der Waals surface area contributed by atoms with Crippen molar-refractivity contribution in [2.75, 3.05) is 0 Å². The molecular formula is C12H13BrN2O2S. The van der Waals surface area contributed by atoms with Gasteiger partial charge in [0.15, 0.2) is 10.4 Å². The van der Waals surface area contributed by atoms with Crippen LogP contribution in [0.3, 0.4) is 0 Å². The fourth-order valence-corrected chi connectivity index (χ4v) is 3.03. The molecule has 4 nitrogen and oxygen atoms in total. The minimum absolute atomic E-state index is 0.205. The SMILES string of the molecule is Cc1nc(C)c(CNC(=O)c2oc(Br)cc2C)s1. The topological polar surface area (TPSA) is 55.1 Å². The molecule has 96 valence electrons. The predicted molar refractivity (Wildman–Crippen MR) is 73.9 cm³/mol. The van der Waals surface area contributed by atoms with Crippen LogP contribution in [0.25, 0.3) is 0 Å². The molecule has 0 aliphatic heterocycles. The van der Waals surface area contributed by atoms with Crippen molar-refractivity contribution in [1.82, 2.24) is 10.3 Å². The summed E-state index contributed by atoms with van der Waals surface area (Å²) in [6.45, 7) is 6.22. The lowest BCUT2D eigenvalue weighted by molar-refractivity contribution is 0.0921. The molecule has 2 heterocycles. The monoisotopic (exact) mass is 328 g/mol. The van der Waals surface area contributed by atoms with Crippen molar-refractivity contribution in [2.24, 2.45) is 0 Å². The number of amides is 1. The Bertz CT molecular complexity index is 589. The first-order chi connectivity index (χ1) is 8.47. The van der Waals surface area contributed by atoms with Crippen molar-refractivity contribution in [1.29, 1.82) is 0 Å². The number of thiazole rings is 1. The van der Waals surface area contributed by atoms with Crippen molar-refractivity contribution in [2.45, 2.75) is 27.3 Å². The molecule has 0 aromatic carbocycles. The molecule has 0 bridgehead atoms. The van der Waals surface area contributed by atoms with E-state index in [0.717, 1.165) is 21.1 Å². The number of hydrogen-bond donors (Lipinski definition) is 1. The summed E-state index contributed by atoms with van der Waals surface area (Å²) in [5.74, 6) is 0.143. The Kier molecular flexibility index (Phi) is 3.87. The van der Waals surface area contributed by atoms with Gasteiger partial charge >= 0.3 is 0 Å². The van der Waals surface area contributed by atoms with Crippen LogP contribution in [0.15, 0.2) is 15.2 Å². The molecule has 2 rings (SSSR count). The third-order valence-corrected chi connectivity index (χ3v) is 3.97. The van der Waals surface area contributed by atoms with E-state index >= 15 is 0 Å². The second-order valence-electron chi connectivity index (χ2n) is 3.99. The van der Waals surface area contributed by atoms with Gasteiger partial charge in [0.1, 0.15) is 0 Å². The van der Waals surface area contributed by atoms with Crippen molar-refractivity contribution >= 4 is 33.2 Å². The highest BCUT2D eigenvalue weighted by molar-refractivity contribution is 9.10. The van der Waals surface area contributed by atoms with Gasteiger partial charge in [0, 0.05) is 10.4 Å². The number of hydrogen-bond acceptors (Lipinski definition) is 4. The van der Waals surface area contributed by atoms with Gasteiger partial charge in [-0.25, -0.2) is 4.98 Å². The van der Waals surface area contributed by atoms with Gasteiger partial charge in [-0.05, 0) is 42.8 Å². The van der Waals surface area contributed by atoms with Crippen LogP contribution in [-0.4, -0.2) is 10.9 Å². The molecule has 0 aliphatic carbocycles. The summed E-state index contributed by atoms with van der Waals surface area (Å²) in [4.78, 5) is 17.3. The lowest BCUT2D eigenvalue weighted by Gasteiger charge is -2.02. The summed E-state index contributed by atoms with van der Waals surface area (Å²) in [7, 11) is 0. The fraction of sp³-hybridized carbons (Fsp3) is 0.333. The minimum Gasteiger partial charge on any atom is -0.444 e. The van der Waals surface area contributed by atoms with Crippen LogP contribution in [0, 0.1) is 20.8 Å². The highest BCUT2D eigenvalue weighted by Gasteiger charge is 2.15. The lowest BCUT2D eigenvalue weighted by atomic mass is 10.2. The normalized spacial score (nSPS) is 10.7. The number of halogens is 1. The van der Waals surface area contributed by atoms with Crippen LogP contribution in [0.1, 0.15) is 31.7 Å². The van der Waals surface area contributed by atoms with Gasteiger partial charge in [-0.15, -0.1) is 11.3 Å². The maximum absolute atomic E-state index is 11.9. The minimum atomic E-state index is -0.205. The van der Waals surface area contributed by atoms with E-state index in [1.54, 1.807) is 17.4 Å². The molecule has 0 atom stereocenters. The molecule has 2 aromatic rings. The van der Waals surface area contributed by atoms with Crippen LogP contribution in [0.5, 0.6) is 0 Å². The maximum Gasteiger partial charge on any atom is 0.287 e. The molecule has 1 amide bonds. The molecule has 6 heteroatoms. The summed E-state index contributed by atoms with van der Waals surface area (Å²) >= 11 is 4.80. The average Bonchev–Trinajstić information content (AvgIpc) is 2.78. The van der Waals surface area contributed by atoms with Gasteiger partial charge in [0.05, 0.1) is 17.2 Å². The predicted octanol–water partition coefficient (Wildman–Crippen LogP) is 3.35. The van der Waals surface area contributed by atoms with Gasteiger partial charge in [-0.3, -0.25) is 4.79 Å². The van der Waals surface area contributed by atoms with Gasteiger partial charge in [-0.2, -0.15) is 0 Å². The summed E-state index contributed by atoms with van der Waals surface area (Å²) < 4.78 is 5.86. The molecule has 0 fully saturated rings. The van der Waals surface area contributed by atoms with Crippen molar-refractivity contribution < 1.29 is 9.21 Å². The fourth-order valence-electron chi connectivity index (χ4n) is 1.65. The Balaban J connectivity index is 2.05. The first-order valence-corrected chi connectivity index (χ1v) is 7.05. The third kappa shape index (κ3) is 2.81. The Hall–Kier alpha value is -1.14. The Labute approximate surface area is 118 Å². The van der Waals surface area contributed by atoms with Crippen LogP contribution in [0.2, 0.25) is 0 Å². The molecule has 0 unspecified atom stereocenters. The molecule has 0 spiro atoms. The molecule has 0 radical (unpaired) electrons. The van der Waals surface area contributed by atoms with E-state index < -0.39 is 0 Å². The first kappa shape index (κ1) is 13.3. The zero-order valence-electron chi connectivity index (χ0n) is 10.3. The maximum atomic E-state index is 11.9. The van der Waals surface area contributed by atoms with E-state index in [1.165, 1.54) is 0 Å². The van der Waals surface area contributed by atoms with Crippen LogP contribution < -0.4 is 5.32 Å². The number of aromatic nitrogens is 1. The molecule has 0 aliphatic rings. The van der Waals surface area contributed by atoms with Gasteiger partial charge in [0.25, 0.3) is 5.91 Å². The second-order valence-corrected chi connectivity index (χ2v) is 6.06.